The van der Waals surface area contributed by atoms with E-state index in [0.29, 0.717) is 0 Å². The highest BCUT2D eigenvalue weighted by atomic mass is 16.5. The first-order valence-corrected chi connectivity index (χ1v) is 4.74. The van der Waals surface area contributed by atoms with Crippen LogP contribution in [-0.2, 0) is 7.05 Å². The molecule has 2 aromatic rings. The summed E-state index contributed by atoms with van der Waals surface area (Å²) in [6.45, 7) is 4.30. The first-order valence-electron chi connectivity index (χ1n) is 4.74. The van der Waals surface area contributed by atoms with Gasteiger partial charge in [-0.25, -0.2) is 0 Å². The molecule has 0 aliphatic heterocycles. The molecule has 0 saturated heterocycles. The molecule has 0 fully saturated rings. The Hall–Kier alpha value is -1.44. The summed E-state index contributed by atoms with van der Waals surface area (Å²) in [6, 6.07) is 6.21. The number of methoxy groups -OCH3 is 1. The van der Waals surface area contributed by atoms with Crippen molar-refractivity contribution in [1.82, 2.24) is 4.57 Å². The highest BCUT2D eigenvalue weighted by Gasteiger charge is 2.08. The number of hydrogen-bond donors (Lipinski definition) is 0. The molecular weight excluding hydrogens is 174 g/mol. The molecule has 0 aliphatic rings. The summed E-state index contributed by atoms with van der Waals surface area (Å²) >= 11 is 0. The van der Waals surface area contributed by atoms with E-state index in [0.717, 1.165) is 5.75 Å². The fraction of sp³-hybridized carbons (Fsp3) is 0.333. The number of fused-ring (bicyclic) bond motifs is 1. The third-order valence-electron chi connectivity index (χ3n) is 3.02. The molecular formula is C12H15NO. The van der Waals surface area contributed by atoms with Crippen molar-refractivity contribution in [2.24, 2.45) is 7.05 Å². The molecule has 0 saturated carbocycles. The number of hydrogen-bond acceptors (Lipinski definition) is 1. The first-order chi connectivity index (χ1) is 6.65. The molecule has 0 spiro atoms. The molecule has 0 radical (unpaired) electrons. The molecule has 2 heteroatoms. The van der Waals surface area contributed by atoms with E-state index < -0.39 is 0 Å². The zero-order chi connectivity index (χ0) is 10.3. The fourth-order valence-electron chi connectivity index (χ4n) is 1.86. The van der Waals surface area contributed by atoms with Crippen molar-refractivity contribution in [3.8, 4) is 5.75 Å². The van der Waals surface area contributed by atoms with Crippen molar-refractivity contribution in [3.63, 3.8) is 0 Å². The predicted molar refractivity (Wildman–Crippen MR) is 58.9 cm³/mol. The maximum atomic E-state index is 5.21. The Morgan fingerprint density at radius 3 is 2.57 bits per heavy atom. The van der Waals surface area contributed by atoms with Crippen molar-refractivity contribution in [1.29, 1.82) is 0 Å². The third kappa shape index (κ3) is 1.10. The summed E-state index contributed by atoms with van der Waals surface area (Å²) in [4.78, 5) is 0. The lowest BCUT2D eigenvalue weighted by molar-refractivity contribution is 0.415. The topological polar surface area (TPSA) is 14.2 Å². The highest BCUT2D eigenvalue weighted by Crippen LogP contribution is 2.27. The van der Waals surface area contributed by atoms with Gasteiger partial charge in [0.25, 0.3) is 0 Å². The Kier molecular flexibility index (Phi) is 1.99. The maximum absolute atomic E-state index is 5.21. The van der Waals surface area contributed by atoms with Gasteiger partial charge in [0.15, 0.2) is 0 Å². The molecule has 1 aromatic carbocycles. The summed E-state index contributed by atoms with van der Waals surface area (Å²) in [6.07, 6.45) is 0. The molecule has 0 unspecified atom stereocenters. The highest BCUT2D eigenvalue weighted by molar-refractivity contribution is 5.86. The minimum atomic E-state index is 0.915. The smallest absolute Gasteiger partial charge is 0.120 e. The Bertz CT molecular complexity index is 483. The van der Waals surface area contributed by atoms with Gasteiger partial charge in [-0.2, -0.15) is 0 Å². The third-order valence-corrected chi connectivity index (χ3v) is 3.02. The zero-order valence-corrected chi connectivity index (χ0v) is 9.09. The van der Waals surface area contributed by atoms with Crippen LogP contribution in [0, 0.1) is 13.8 Å². The predicted octanol–water partition coefficient (Wildman–Crippen LogP) is 2.80. The lowest BCUT2D eigenvalue weighted by Gasteiger charge is -2.01. The van der Waals surface area contributed by atoms with Crippen molar-refractivity contribution < 1.29 is 4.74 Å². The molecule has 1 heterocycles. The lowest BCUT2D eigenvalue weighted by Crippen LogP contribution is -1.90. The fourth-order valence-corrected chi connectivity index (χ4v) is 1.86. The van der Waals surface area contributed by atoms with E-state index in [1.807, 2.05) is 6.07 Å². The average molecular weight is 189 g/mol. The number of aryl methyl sites for hydroxylation is 2. The van der Waals surface area contributed by atoms with Gasteiger partial charge in [0, 0.05) is 24.2 Å². The molecule has 14 heavy (non-hydrogen) atoms. The Morgan fingerprint density at radius 1 is 1.21 bits per heavy atom. The van der Waals surface area contributed by atoms with Crippen molar-refractivity contribution >= 4 is 10.9 Å². The van der Waals surface area contributed by atoms with Crippen LogP contribution in [0.25, 0.3) is 10.9 Å². The van der Waals surface area contributed by atoms with Crippen molar-refractivity contribution in [2.75, 3.05) is 7.11 Å². The monoisotopic (exact) mass is 189 g/mol. The van der Waals surface area contributed by atoms with Gasteiger partial charge >= 0.3 is 0 Å². The molecule has 74 valence electrons. The normalized spacial score (nSPS) is 10.9. The number of ether oxygens (including phenoxy) is 1. The second kappa shape index (κ2) is 3.05. The van der Waals surface area contributed by atoms with E-state index in [2.05, 4.69) is 37.6 Å². The van der Waals surface area contributed by atoms with Gasteiger partial charge in [-0.05, 0) is 31.5 Å². The molecule has 0 aliphatic carbocycles. The van der Waals surface area contributed by atoms with E-state index in [-0.39, 0.29) is 0 Å². The molecule has 2 nitrogen and oxygen atoms in total. The van der Waals surface area contributed by atoms with Gasteiger partial charge in [0.2, 0.25) is 0 Å². The van der Waals surface area contributed by atoms with E-state index >= 15 is 0 Å². The van der Waals surface area contributed by atoms with Crippen LogP contribution < -0.4 is 4.74 Å². The number of rotatable bonds is 1. The van der Waals surface area contributed by atoms with Gasteiger partial charge < -0.3 is 9.30 Å². The van der Waals surface area contributed by atoms with Gasteiger partial charge in [-0.3, -0.25) is 0 Å². The average Bonchev–Trinajstić information content (AvgIpc) is 2.44. The van der Waals surface area contributed by atoms with E-state index in [1.165, 1.54) is 22.2 Å². The number of benzene rings is 1. The van der Waals surface area contributed by atoms with E-state index in [1.54, 1.807) is 7.11 Å². The minimum absolute atomic E-state index is 0.915. The molecule has 2 rings (SSSR count). The van der Waals surface area contributed by atoms with Gasteiger partial charge in [0.1, 0.15) is 5.75 Å². The standard InChI is InChI=1S/C12H15NO/c1-8-9(2)13(3)12-7-10(14-4)5-6-11(8)12/h5-7H,1-4H3. The van der Waals surface area contributed by atoms with E-state index in [9.17, 15) is 0 Å². The Labute approximate surface area is 84.1 Å². The number of nitrogens with zero attached hydrogens (tertiary/aromatic N) is 1. The van der Waals surface area contributed by atoms with Gasteiger partial charge in [-0.1, -0.05) is 0 Å². The van der Waals surface area contributed by atoms with Crippen LogP contribution in [0.1, 0.15) is 11.3 Å². The molecule has 0 amide bonds. The molecule has 0 N–H and O–H groups in total. The summed E-state index contributed by atoms with van der Waals surface area (Å²) in [5.41, 5.74) is 3.90. The van der Waals surface area contributed by atoms with Crippen LogP contribution in [0.4, 0.5) is 0 Å². The SMILES string of the molecule is COc1ccc2c(C)c(C)n(C)c2c1. The van der Waals surface area contributed by atoms with Crippen LogP contribution in [-0.4, -0.2) is 11.7 Å². The summed E-state index contributed by atoms with van der Waals surface area (Å²) in [7, 11) is 3.79. The largest absolute Gasteiger partial charge is 0.497 e. The summed E-state index contributed by atoms with van der Waals surface area (Å²) in [5.74, 6) is 0.915. The maximum Gasteiger partial charge on any atom is 0.120 e. The number of aromatic nitrogens is 1. The Morgan fingerprint density at radius 2 is 1.93 bits per heavy atom. The van der Waals surface area contributed by atoms with Crippen LogP contribution in [0.3, 0.4) is 0 Å². The first kappa shape index (κ1) is 9.13. The lowest BCUT2D eigenvalue weighted by atomic mass is 10.1. The van der Waals surface area contributed by atoms with Crippen LogP contribution in [0.15, 0.2) is 18.2 Å². The minimum Gasteiger partial charge on any atom is -0.497 e. The quantitative estimate of drug-likeness (QED) is 0.672. The Balaban J connectivity index is 2.82. The van der Waals surface area contributed by atoms with E-state index in [4.69, 9.17) is 4.74 Å². The second-order valence-electron chi connectivity index (χ2n) is 3.65. The zero-order valence-electron chi connectivity index (χ0n) is 9.09. The van der Waals surface area contributed by atoms with Crippen molar-refractivity contribution in [2.45, 2.75) is 13.8 Å². The van der Waals surface area contributed by atoms with Gasteiger partial charge in [0.05, 0.1) is 12.6 Å². The second-order valence-corrected chi connectivity index (χ2v) is 3.65. The molecule has 0 bridgehead atoms. The van der Waals surface area contributed by atoms with Crippen LogP contribution in [0.5, 0.6) is 5.75 Å². The molecule has 0 atom stereocenters. The molecule has 1 aromatic heterocycles. The van der Waals surface area contributed by atoms with Gasteiger partial charge in [-0.15, -0.1) is 0 Å². The van der Waals surface area contributed by atoms with Crippen molar-refractivity contribution in [3.05, 3.63) is 29.5 Å². The van der Waals surface area contributed by atoms with Crippen LogP contribution >= 0.6 is 0 Å². The summed E-state index contributed by atoms with van der Waals surface area (Å²) in [5, 5.41) is 1.31. The summed E-state index contributed by atoms with van der Waals surface area (Å²) < 4.78 is 7.41. The van der Waals surface area contributed by atoms with Crippen LogP contribution in [0.2, 0.25) is 0 Å².